The second-order valence-corrected chi connectivity index (χ2v) is 5.93. The topological polar surface area (TPSA) is 68.5 Å². The van der Waals surface area contributed by atoms with Gasteiger partial charge in [-0.15, -0.1) is 0 Å². The van der Waals surface area contributed by atoms with Crippen LogP contribution >= 0.6 is 0 Å². The Morgan fingerprint density at radius 2 is 1.96 bits per heavy atom. The van der Waals surface area contributed by atoms with E-state index in [2.05, 4.69) is 50.5 Å². The van der Waals surface area contributed by atoms with E-state index in [0.29, 0.717) is 0 Å². The number of nitrogens with one attached hydrogen (secondary N) is 1. The fraction of sp³-hybridized carbons (Fsp3) is 0.222. The standard InChI is InChI=1S/C18H18N6/c1-11(14-6-4-5-13-9-19-8-7-15(13)14)21-17-16-10-20-24(3)18(16)23-12(2)22-17/h4-11H,1-3H3,(H,21,22,23)/t11-/m1/s1. The highest BCUT2D eigenvalue weighted by molar-refractivity contribution is 5.88. The first-order valence-corrected chi connectivity index (χ1v) is 7.89. The van der Waals surface area contributed by atoms with Crippen LogP contribution in [0.3, 0.4) is 0 Å². The molecule has 1 aromatic carbocycles. The SMILES string of the molecule is Cc1nc(N[C@H](C)c2cccc3cnccc23)c2cnn(C)c2n1. The molecule has 0 aliphatic heterocycles. The highest BCUT2D eigenvalue weighted by atomic mass is 15.3. The van der Waals surface area contributed by atoms with E-state index in [-0.39, 0.29) is 6.04 Å². The van der Waals surface area contributed by atoms with Gasteiger partial charge in [-0.3, -0.25) is 9.67 Å². The number of anilines is 1. The van der Waals surface area contributed by atoms with Crippen LogP contribution in [0.25, 0.3) is 21.8 Å². The molecule has 0 bridgehead atoms. The summed E-state index contributed by atoms with van der Waals surface area (Å²) >= 11 is 0. The van der Waals surface area contributed by atoms with Crippen LogP contribution in [0.1, 0.15) is 24.4 Å². The van der Waals surface area contributed by atoms with Crippen LogP contribution in [-0.4, -0.2) is 24.7 Å². The van der Waals surface area contributed by atoms with E-state index in [4.69, 9.17) is 0 Å². The third-order valence-electron chi connectivity index (χ3n) is 4.24. The summed E-state index contributed by atoms with van der Waals surface area (Å²) < 4.78 is 1.77. The molecule has 0 unspecified atom stereocenters. The van der Waals surface area contributed by atoms with E-state index < -0.39 is 0 Å². The van der Waals surface area contributed by atoms with Crippen molar-refractivity contribution in [3.8, 4) is 0 Å². The molecule has 0 aliphatic carbocycles. The number of aryl methyl sites for hydroxylation is 2. The molecule has 0 radical (unpaired) electrons. The Kier molecular flexibility index (Phi) is 3.37. The van der Waals surface area contributed by atoms with E-state index in [1.54, 1.807) is 10.9 Å². The quantitative estimate of drug-likeness (QED) is 0.627. The number of benzene rings is 1. The molecule has 4 aromatic rings. The molecule has 3 aromatic heterocycles. The van der Waals surface area contributed by atoms with E-state index >= 15 is 0 Å². The number of aromatic nitrogens is 5. The number of fused-ring (bicyclic) bond motifs is 2. The smallest absolute Gasteiger partial charge is 0.163 e. The summed E-state index contributed by atoms with van der Waals surface area (Å²) in [7, 11) is 1.89. The van der Waals surface area contributed by atoms with Gasteiger partial charge in [-0.05, 0) is 30.9 Å². The van der Waals surface area contributed by atoms with Crippen LogP contribution in [-0.2, 0) is 7.05 Å². The molecular weight excluding hydrogens is 300 g/mol. The molecule has 4 rings (SSSR count). The monoisotopic (exact) mass is 318 g/mol. The Morgan fingerprint density at radius 3 is 2.83 bits per heavy atom. The fourth-order valence-electron chi connectivity index (χ4n) is 3.05. The van der Waals surface area contributed by atoms with Gasteiger partial charge >= 0.3 is 0 Å². The maximum absolute atomic E-state index is 4.57. The molecule has 0 saturated heterocycles. The summed E-state index contributed by atoms with van der Waals surface area (Å²) in [5.74, 6) is 1.53. The number of hydrogen-bond donors (Lipinski definition) is 1. The van der Waals surface area contributed by atoms with Crippen molar-refractivity contribution in [2.45, 2.75) is 19.9 Å². The Bertz CT molecular complexity index is 1030. The maximum atomic E-state index is 4.57. The predicted octanol–water partition coefficient (Wildman–Crippen LogP) is 3.39. The first-order chi connectivity index (χ1) is 11.6. The normalized spacial score (nSPS) is 12.6. The molecule has 0 saturated carbocycles. The first kappa shape index (κ1) is 14.6. The lowest BCUT2D eigenvalue weighted by molar-refractivity contribution is 0.782. The van der Waals surface area contributed by atoms with Crippen molar-refractivity contribution in [3.05, 3.63) is 54.2 Å². The van der Waals surface area contributed by atoms with Gasteiger partial charge in [0.1, 0.15) is 11.6 Å². The lowest BCUT2D eigenvalue weighted by atomic mass is 10.0. The molecule has 0 fully saturated rings. The maximum Gasteiger partial charge on any atom is 0.163 e. The van der Waals surface area contributed by atoms with Crippen LogP contribution in [0.2, 0.25) is 0 Å². The Morgan fingerprint density at radius 1 is 1.08 bits per heavy atom. The van der Waals surface area contributed by atoms with E-state index in [0.717, 1.165) is 28.1 Å². The molecule has 3 heterocycles. The molecule has 120 valence electrons. The summed E-state index contributed by atoms with van der Waals surface area (Å²) in [6.07, 6.45) is 5.52. The van der Waals surface area contributed by atoms with Crippen molar-refractivity contribution in [3.63, 3.8) is 0 Å². The molecular formula is C18H18N6. The molecule has 6 nitrogen and oxygen atoms in total. The molecule has 0 spiro atoms. The number of pyridine rings is 1. The highest BCUT2D eigenvalue weighted by Crippen LogP contribution is 2.28. The zero-order chi connectivity index (χ0) is 16.7. The average Bonchev–Trinajstić information content (AvgIpc) is 2.95. The van der Waals surface area contributed by atoms with Crippen LogP contribution in [0.4, 0.5) is 5.82 Å². The minimum Gasteiger partial charge on any atom is -0.363 e. The van der Waals surface area contributed by atoms with Crippen LogP contribution in [0, 0.1) is 6.92 Å². The lowest BCUT2D eigenvalue weighted by Gasteiger charge is -2.17. The number of rotatable bonds is 3. The fourth-order valence-corrected chi connectivity index (χ4v) is 3.05. The highest BCUT2D eigenvalue weighted by Gasteiger charge is 2.14. The first-order valence-electron chi connectivity index (χ1n) is 7.89. The van der Waals surface area contributed by atoms with E-state index in [1.807, 2.05) is 32.4 Å². The minimum absolute atomic E-state index is 0.0915. The zero-order valence-electron chi connectivity index (χ0n) is 13.9. The van der Waals surface area contributed by atoms with Crippen molar-refractivity contribution in [1.29, 1.82) is 0 Å². The Balaban J connectivity index is 1.78. The Labute approximate surface area is 139 Å². The predicted molar refractivity (Wildman–Crippen MR) is 94.8 cm³/mol. The molecule has 1 atom stereocenters. The molecule has 0 aliphatic rings. The van der Waals surface area contributed by atoms with E-state index in [9.17, 15) is 0 Å². The number of hydrogen-bond acceptors (Lipinski definition) is 5. The summed E-state index contributed by atoms with van der Waals surface area (Å²) in [6, 6.07) is 8.41. The van der Waals surface area contributed by atoms with Gasteiger partial charge in [0.15, 0.2) is 5.65 Å². The summed E-state index contributed by atoms with van der Waals surface area (Å²) in [5.41, 5.74) is 2.04. The summed E-state index contributed by atoms with van der Waals surface area (Å²) in [5, 5.41) is 11.1. The Hall–Kier alpha value is -3.02. The molecule has 6 heteroatoms. The molecule has 0 amide bonds. The largest absolute Gasteiger partial charge is 0.363 e. The number of nitrogens with zero attached hydrogens (tertiary/aromatic N) is 5. The van der Waals surface area contributed by atoms with Crippen LogP contribution < -0.4 is 5.32 Å². The van der Waals surface area contributed by atoms with Crippen molar-refractivity contribution in [2.24, 2.45) is 7.05 Å². The minimum atomic E-state index is 0.0915. The van der Waals surface area contributed by atoms with Crippen molar-refractivity contribution >= 4 is 27.6 Å². The van der Waals surface area contributed by atoms with E-state index in [1.165, 1.54) is 10.9 Å². The van der Waals surface area contributed by atoms with Gasteiger partial charge < -0.3 is 5.32 Å². The summed E-state index contributed by atoms with van der Waals surface area (Å²) in [4.78, 5) is 13.2. The van der Waals surface area contributed by atoms with Gasteiger partial charge in [-0.1, -0.05) is 18.2 Å². The van der Waals surface area contributed by atoms with Gasteiger partial charge in [0, 0.05) is 24.8 Å². The van der Waals surface area contributed by atoms with Crippen molar-refractivity contribution < 1.29 is 0 Å². The molecule has 1 N–H and O–H groups in total. The average molecular weight is 318 g/mol. The van der Waals surface area contributed by atoms with Crippen molar-refractivity contribution in [1.82, 2.24) is 24.7 Å². The summed E-state index contributed by atoms with van der Waals surface area (Å²) in [6.45, 7) is 4.03. The van der Waals surface area contributed by atoms with Gasteiger partial charge in [0.25, 0.3) is 0 Å². The van der Waals surface area contributed by atoms with Crippen LogP contribution in [0.15, 0.2) is 42.9 Å². The van der Waals surface area contributed by atoms with Gasteiger partial charge in [0.05, 0.1) is 17.6 Å². The van der Waals surface area contributed by atoms with Crippen molar-refractivity contribution in [2.75, 3.05) is 5.32 Å². The van der Waals surface area contributed by atoms with Crippen LogP contribution in [0.5, 0.6) is 0 Å². The molecule has 24 heavy (non-hydrogen) atoms. The second-order valence-electron chi connectivity index (χ2n) is 5.93. The van der Waals surface area contributed by atoms with Gasteiger partial charge in [0.2, 0.25) is 0 Å². The lowest BCUT2D eigenvalue weighted by Crippen LogP contribution is -2.10. The van der Waals surface area contributed by atoms with Gasteiger partial charge in [-0.2, -0.15) is 5.10 Å². The zero-order valence-corrected chi connectivity index (χ0v) is 13.9. The van der Waals surface area contributed by atoms with Gasteiger partial charge in [-0.25, -0.2) is 9.97 Å². The third-order valence-corrected chi connectivity index (χ3v) is 4.24. The second kappa shape index (κ2) is 5.56. The third kappa shape index (κ3) is 2.36.